The summed E-state index contributed by atoms with van der Waals surface area (Å²) in [6, 6.07) is 5.18. The van der Waals surface area contributed by atoms with E-state index in [1.54, 1.807) is 29.2 Å². The molecule has 2 N–H and O–H groups in total. The van der Waals surface area contributed by atoms with Crippen molar-refractivity contribution in [2.24, 2.45) is 11.3 Å². The fraction of sp³-hybridized carbons (Fsp3) is 0.647. The zero-order valence-corrected chi connectivity index (χ0v) is 29.0. The molecule has 49 heavy (non-hydrogen) atoms. The minimum absolute atomic E-state index is 0.0260. The Balaban J connectivity index is 1.41. The van der Waals surface area contributed by atoms with Gasteiger partial charge in [0.2, 0.25) is 17.4 Å². The maximum atomic E-state index is 13.9. The highest BCUT2D eigenvalue weighted by molar-refractivity contribution is 6.35. The molecular weight excluding hydrogens is 669 g/mol. The number of likely N-dealkylation sites (tertiary alicyclic amines) is 1. The van der Waals surface area contributed by atoms with Crippen molar-refractivity contribution in [2.75, 3.05) is 19.7 Å². The molecule has 1 saturated heterocycles. The molecule has 0 radical (unpaired) electrons. The summed E-state index contributed by atoms with van der Waals surface area (Å²) in [5.74, 6) is -1.49. The third kappa shape index (κ3) is 7.50. The molecule has 2 amide bonds. The SMILES string of the molecule is CCOc1cc(OC2CC(C(=O)NC3(C(=O)[O-])CC3CC)N(CC(NC(=O)OC3(C(F)(F)F)CCC3)C(C)(C)C)C2)c2cccc(Cl)c2n1. The molecule has 5 unspecified atom stereocenters. The summed E-state index contributed by atoms with van der Waals surface area (Å²) in [6.45, 7) is 9.60. The van der Waals surface area contributed by atoms with E-state index in [1.807, 2.05) is 34.6 Å². The van der Waals surface area contributed by atoms with Crippen LogP contribution in [0.1, 0.15) is 73.1 Å². The van der Waals surface area contributed by atoms with Crippen molar-refractivity contribution in [2.45, 2.75) is 109 Å². The van der Waals surface area contributed by atoms with E-state index in [2.05, 4.69) is 15.6 Å². The quantitative estimate of drug-likeness (QED) is 0.319. The van der Waals surface area contributed by atoms with Gasteiger partial charge in [-0.15, -0.1) is 0 Å². The molecule has 11 nitrogen and oxygen atoms in total. The van der Waals surface area contributed by atoms with Crippen LogP contribution in [-0.4, -0.2) is 83.1 Å². The lowest BCUT2D eigenvalue weighted by Crippen LogP contribution is -2.59. The van der Waals surface area contributed by atoms with Crippen LogP contribution in [-0.2, 0) is 14.3 Å². The van der Waals surface area contributed by atoms with Crippen molar-refractivity contribution in [1.82, 2.24) is 20.5 Å². The maximum absolute atomic E-state index is 13.9. The third-order valence-corrected chi connectivity index (χ3v) is 10.3. The molecule has 270 valence electrons. The highest BCUT2D eigenvalue weighted by Gasteiger charge is 2.62. The first-order valence-corrected chi connectivity index (χ1v) is 17.0. The number of carboxylic acid groups (broad SMARTS) is 1. The molecule has 15 heteroatoms. The number of hydrogen-bond donors (Lipinski definition) is 2. The standard InChI is InChI=1S/C34H44ClF3N4O7/c1-6-19-16-33(19,29(44)45)41-28(43)23-14-20(48-24-15-26(47-7-2)40-27-21(24)10-8-11-22(27)35)17-42(23)18-25(31(3,4)5)39-30(46)49-32(12-9-13-32)34(36,37)38/h8,10-11,15,19-20,23,25H,6-7,9,12-14,16-18H2,1-5H3,(H,39,46)(H,41,43)(H,44,45)/p-1. The van der Waals surface area contributed by atoms with E-state index < -0.39 is 58.9 Å². The largest absolute Gasteiger partial charge is 0.548 e. The van der Waals surface area contributed by atoms with Gasteiger partial charge in [-0.3, -0.25) is 9.69 Å². The Morgan fingerprint density at radius 1 is 1.18 bits per heavy atom. The molecule has 2 saturated carbocycles. The third-order valence-electron chi connectivity index (χ3n) is 10.0. The summed E-state index contributed by atoms with van der Waals surface area (Å²) in [7, 11) is 0. The van der Waals surface area contributed by atoms with Crippen LogP contribution in [0.2, 0.25) is 5.02 Å². The number of benzene rings is 1. The molecule has 0 bridgehead atoms. The number of halogens is 4. The van der Waals surface area contributed by atoms with Gasteiger partial charge in [-0.25, -0.2) is 9.78 Å². The summed E-state index contributed by atoms with van der Waals surface area (Å²) < 4.78 is 58.5. The minimum atomic E-state index is -4.71. The second-order valence-corrected chi connectivity index (χ2v) is 14.7. The van der Waals surface area contributed by atoms with Crippen molar-refractivity contribution in [3.8, 4) is 11.6 Å². The number of nitrogens with zero attached hydrogens (tertiary/aromatic N) is 2. The Kier molecular flexibility index (Phi) is 10.2. The van der Waals surface area contributed by atoms with Crippen molar-refractivity contribution in [3.05, 3.63) is 29.3 Å². The molecule has 3 fully saturated rings. The van der Waals surface area contributed by atoms with Gasteiger partial charge < -0.3 is 34.7 Å². The van der Waals surface area contributed by atoms with Crippen LogP contribution >= 0.6 is 11.6 Å². The fourth-order valence-electron chi connectivity index (χ4n) is 6.72. The number of rotatable bonds is 12. The van der Waals surface area contributed by atoms with E-state index in [-0.39, 0.29) is 50.6 Å². The second-order valence-electron chi connectivity index (χ2n) is 14.3. The molecule has 5 rings (SSSR count). The van der Waals surface area contributed by atoms with Gasteiger partial charge in [-0.05, 0) is 56.1 Å². The number of alkyl carbamates (subject to hydrolysis) is 1. The lowest BCUT2D eigenvalue weighted by Gasteiger charge is -2.43. The molecule has 1 aromatic carbocycles. The second kappa shape index (κ2) is 13.7. The van der Waals surface area contributed by atoms with E-state index in [1.165, 1.54) is 0 Å². The predicted octanol–water partition coefficient (Wildman–Crippen LogP) is 4.77. The zero-order valence-electron chi connectivity index (χ0n) is 28.2. The predicted molar refractivity (Wildman–Crippen MR) is 172 cm³/mol. The highest BCUT2D eigenvalue weighted by atomic mass is 35.5. The molecule has 1 aliphatic heterocycles. The summed E-state index contributed by atoms with van der Waals surface area (Å²) in [6.07, 6.45) is -5.93. The number of carboxylic acids is 1. The van der Waals surface area contributed by atoms with Gasteiger partial charge in [-0.1, -0.05) is 51.8 Å². The van der Waals surface area contributed by atoms with Crippen LogP contribution in [0.25, 0.3) is 10.9 Å². The molecule has 0 spiro atoms. The number of hydrogen-bond acceptors (Lipinski definition) is 9. The van der Waals surface area contributed by atoms with Crippen molar-refractivity contribution >= 4 is 40.5 Å². The molecule has 2 heterocycles. The topological polar surface area (TPSA) is 142 Å². The molecule has 3 aliphatic rings. The van der Waals surface area contributed by atoms with E-state index in [0.29, 0.717) is 41.1 Å². The molecule has 5 atom stereocenters. The highest BCUT2D eigenvalue weighted by Crippen LogP contribution is 2.48. The van der Waals surface area contributed by atoms with Crippen LogP contribution in [0.5, 0.6) is 11.6 Å². The van der Waals surface area contributed by atoms with Crippen LogP contribution < -0.4 is 25.2 Å². The fourth-order valence-corrected chi connectivity index (χ4v) is 6.94. The molecule has 1 aromatic heterocycles. The van der Waals surface area contributed by atoms with E-state index >= 15 is 0 Å². The summed E-state index contributed by atoms with van der Waals surface area (Å²) in [4.78, 5) is 45.2. The van der Waals surface area contributed by atoms with Gasteiger partial charge >= 0.3 is 12.3 Å². The molecule has 2 aromatic rings. The van der Waals surface area contributed by atoms with Crippen molar-refractivity contribution in [3.63, 3.8) is 0 Å². The van der Waals surface area contributed by atoms with E-state index in [0.717, 1.165) is 0 Å². The number of fused-ring (bicyclic) bond motifs is 1. The number of pyridine rings is 1. The average Bonchev–Trinajstić information content (AvgIpc) is 3.56. The summed E-state index contributed by atoms with van der Waals surface area (Å²) in [5, 5.41) is 18.5. The van der Waals surface area contributed by atoms with Crippen molar-refractivity contribution in [1.29, 1.82) is 0 Å². The van der Waals surface area contributed by atoms with Gasteiger partial charge in [0.15, 0.2) is 0 Å². The lowest BCUT2D eigenvalue weighted by molar-refractivity contribution is -0.310. The number of alkyl halides is 3. The zero-order chi connectivity index (χ0) is 35.9. The number of carbonyl (C=O) groups excluding carboxylic acids is 3. The molecule has 2 aliphatic carbocycles. The van der Waals surface area contributed by atoms with Crippen LogP contribution in [0.4, 0.5) is 18.0 Å². The summed E-state index contributed by atoms with van der Waals surface area (Å²) >= 11 is 6.45. The van der Waals surface area contributed by atoms with Gasteiger partial charge in [-0.2, -0.15) is 13.2 Å². The number of ether oxygens (including phenoxy) is 3. The first-order valence-electron chi connectivity index (χ1n) is 16.7. The Hall–Kier alpha value is -3.52. The van der Waals surface area contributed by atoms with Gasteiger partial charge in [0.25, 0.3) is 0 Å². The number of para-hydroxylation sites is 1. The number of amides is 2. The van der Waals surface area contributed by atoms with Gasteiger partial charge in [0, 0.05) is 37.0 Å². The number of nitrogens with one attached hydrogen (secondary N) is 2. The first kappa shape index (κ1) is 36.8. The van der Waals surface area contributed by atoms with Gasteiger partial charge in [0.05, 0.1) is 34.7 Å². The van der Waals surface area contributed by atoms with Gasteiger partial charge in [0.1, 0.15) is 11.9 Å². The summed E-state index contributed by atoms with van der Waals surface area (Å²) in [5.41, 5.74) is -4.24. The first-order chi connectivity index (χ1) is 22.9. The maximum Gasteiger partial charge on any atom is 0.428 e. The number of carbonyl (C=O) groups is 3. The monoisotopic (exact) mass is 711 g/mol. The van der Waals surface area contributed by atoms with Crippen molar-refractivity contribution < 1.29 is 46.9 Å². The van der Waals surface area contributed by atoms with Crippen LogP contribution in [0.3, 0.4) is 0 Å². The normalized spacial score (nSPS) is 25.6. The average molecular weight is 712 g/mol. The Labute approximate surface area is 288 Å². The smallest absolute Gasteiger partial charge is 0.428 e. The Bertz CT molecular complexity index is 1580. The van der Waals surface area contributed by atoms with Crippen LogP contribution in [0, 0.1) is 11.3 Å². The Morgan fingerprint density at radius 2 is 1.90 bits per heavy atom. The van der Waals surface area contributed by atoms with E-state index in [4.69, 9.17) is 25.8 Å². The minimum Gasteiger partial charge on any atom is -0.548 e. The molecular formula is C34H43ClF3N4O7-. The number of aromatic nitrogens is 1. The Morgan fingerprint density at radius 3 is 2.45 bits per heavy atom. The lowest BCUT2D eigenvalue weighted by atomic mass is 9.79. The van der Waals surface area contributed by atoms with E-state index in [9.17, 15) is 32.7 Å². The van der Waals surface area contributed by atoms with Crippen LogP contribution in [0.15, 0.2) is 24.3 Å². The number of aliphatic carboxylic acids is 1.